The Hall–Kier alpha value is -2.43. The summed E-state index contributed by atoms with van der Waals surface area (Å²) in [4.78, 5) is 33.2. The zero-order chi connectivity index (χ0) is 22.1. The summed E-state index contributed by atoms with van der Waals surface area (Å²) in [6, 6.07) is 0. The Morgan fingerprint density at radius 1 is 0.862 bits per heavy atom. The first-order valence-corrected chi connectivity index (χ1v) is 10.2. The summed E-state index contributed by atoms with van der Waals surface area (Å²) in [6.07, 6.45) is 15.7. The zero-order valence-electron chi connectivity index (χ0n) is 18.5. The van der Waals surface area contributed by atoms with E-state index >= 15 is 0 Å². The SMILES string of the molecule is CC(=O)O/C=C/C(=C/OC(C)=O)CCCC(C=O)CC/C=C(\C)CCC=C(C)C. The highest BCUT2D eigenvalue weighted by atomic mass is 16.5. The maximum Gasteiger partial charge on any atom is 0.307 e. The molecule has 0 radical (unpaired) electrons. The number of rotatable bonds is 14. The average molecular weight is 405 g/mol. The smallest absolute Gasteiger partial charge is 0.307 e. The summed E-state index contributed by atoms with van der Waals surface area (Å²) < 4.78 is 9.69. The van der Waals surface area contributed by atoms with Crippen LogP contribution in [0, 0.1) is 5.92 Å². The Morgan fingerprint density at radius 3 is 2.14 bits per heavy atom. The van der Waals surface area contributed by atoms with Gasteiger partial charge in [0.05, 0.1) is 12.5 Å². The molecule has 5 heteroatoms. The summed E-state index contributed by atoms with van der Waals surface area (Å²) in [6.45, 7) is 8.98. The second-order valence-corrected chi connectivity index (χ2v) is 7.45. The lowest BCUT2D eigenvalue weighted by Crippen LogP contribution is -2.02. The minimum atomic E-state index is -0.418. The molecule has 1 atom stereocenters. The molecule has 0 N–H and O–H groups in total. The van der Waals surface area contributed by atoms with Crippen molar-refractivity contribution in [3.63, 3.8) is 0 Å². The fourth-order valence-corrected chi connectivity index (χ4v) is 2.64. The number of carbonyl (C=O) groups is 3. The molecule has 0 saturated carbocycles. The predicted molar refractivity (Wildman–Crippen MR) is 116 cm³/mol. The van der Waals surface area contributed by atoms with E-state index in [0.717, 1.165) is 50.4 Å². The van der Waals surface area contributed by atoms with Gasteiger partial charge in [-0.05, 0) is 77.4 Å². The molecule has 0 rings (SSSR count). The molecule has 5 nitrogen and oxygen atoms in total. The van der Waals surface area contributed by atoms with Crippen LogP contribution >= 0.6 is 0 Å². The van der Waals surface area contributed by atoms with Crippen LogP contribution in [-0.2, 0) is 23.9 Å². The van der Waals surface area contributed by atoms with Gasteiger partial charge >= 0.3 is 11.9 Å². The second-order valence-electron chi connectivity index (χ2n) is 7.45. The van der Waals surface area contributed by atoms with E-state index < -0.39 is 11.9 Å². The van der Waals surface area contributed by atoms with Crippen LogP contribution < -0.4 is 0 Å². The highest BCUT2D eigenvalue weighted by Crippen LogP contribution is 2.18. The monoisotopic (exact) mass is 404 g/mol. The standard InChI is InChI=1S/C24H36O5/c1-19(2)9-6-10-20(3)11-7-12-23(17-25)13-8-14-24(18-29-22(5)27)15-16-28-21(4)26/h9,11,15-18,23H,6-8,10,12-14H2,1-5H3/b16-15+,20-11+,24-18+. The van der Waals surface area contributed by atoms with Crippen LogP contribution in [0.25, 0.3) is 0 Å². The highest BCUT2D eigenvalue weighted by Gasteiger charge is 2.07. The lowest BCUT2D eigenvalue weighted by atomic mass is 9.96. The molecule has 1 unspecified atom stereocenters. The summed E-state index contributed by atoms with van der Waals surface area (Å²) in [5.41, 5.74) is 3.42. The van der Waals surface area contributed by atoms with Crippen LogP contribution in [-0.4, -0.2) is 18.2 Å². The van der Waals surface area contributed by atoms with Crippen molar-refractivity contribution in [1.29, 1.82) is 0 Å². The fourth-order valence-electron chi connectivity index (χ4n) is 2.64. The van der Waals surface area contributed by atoms with Crippen LogP contribution in [0.3, 0.4) is 0 Å². The average Bonchev–Trinajstić information content (AvgIpc) is 2.63. The fraction of sp³-hybridized carbons (Fsp3) is 0.542. The molecule has 0 bridgehead atoms. The van der Waals surface area contributed by atoms with E-state index in [1.807, 2.05) is 0 Å². The maximum absolute atomic E-state index is 11.4. The van der Waals surface area contributed by atoms with Crippen molar-refractivity contribution in [2.24, 2.45) is 5.92 Å². The van der Waals surface area contributed by atoms with Crippen molar-refractivity contribution in [3.05, 3.63) is 47.5 Å². The van der Waals surface area contributed by atoms with Gasteiger partial charge in [-0.3, -0.25) is 9.59 Å². The summed E-state index contributed by atoms with van der Waals surface area (Å²) in [5.74, 6) is -0.830. The van der Waals surface area contributed by atoms with Crippen LogP contribution in [0.4, 0.5) is 0 Å². The van der Waals surface area contributed by atoms with Crippen LogP contribution in [0.1, 0.15) is 79.6 Å². The molecule has 162 valence electrons. The predicted octanol–water partition coefficient (Wildman–Crippen LogP) is 5.97. The van der Waals surface area contributed by atoms with Crippen molar-refractivity contribution >= 4 is 18.2 Å². The largest absolute Gasteiger partial charge is 0.435 e. The Morgan fingerprint density at radius 2 is 1.55 bits per heavy atom. The summed E-state index contributed by atoms with van der Waals surface area (Å²) in [5, 5.41) is 0. The van der Waals surface area contributed by atoms with Crippen LogP contribution in [0.5, 0.6) is 0 Å². The Balaban J connectivity index is 4.46. The topological polar surface area (TPSA) is 69.7 Å². The minimum Gasteiger partial charge on any atom is -0.435 e. The van der Waals surface area contributed by atoms with E-state index in [9.17, 15) is 14.4 Å². The van der Waals surface area contributed by atoms with E-state index in [0.29, 0.717) is 6.42 Å². The number of carbonyl (C=O) groups excluding carboxylic acids is 3. The Bertz CT molecular complexity index is 634. The van der Waals surface area contributed by atoms with Crippen molar-refractivity contribution in [1.82, 2.24) is 0 Å². The van der Waals surface area contributed by atoms with Crippen molar-refractivity contribution in [3.8, 4) is 0 Å². The van der Waals surface area contributed by atoms with Gasteiger partial charge in [-0.2, -0.15) is 0 Å². The van der Waals surface area contributed by atoms with Crippen molar-refractivity contribution in [2.45, 2.75) is 79.6 Å². The van der Waals surface area contributed by atoms with Gasteiger partial charge in [0.15, 0.2) is 0 Å². The Kier molecular flexibility index (Phi) is 15.1. The third-order valence-corrected chi connectivity index (χ3v) is 4.25. The first-order chi connectivity index (χ1) is 13.7. The number of allylic oxidation sites excluding steroid dienone is 6. The molecule has 0 aromatic rings. The van der Waals surface area contributed by atoms with E-state index in [2.05, 4.69) is 32.9 Å². The van der Waals surface area contributed by atoms with Gasteiger partial charge in [-0.15, -0.1) is 0 Å². The van der Waals surface area contributed by atoms with E-state index in [1.165, 1.54) is 37.5 Å². The molecular formula is C24H36O5. The van der Waals surface area contributed by atoms with E-state index in [-0.39, 0.29) is 5.92 Å². The third-order valence-electron chi connectivity index (χ3n) is 4.25. The second kappa shape index (κ2) is 16.5. The molecule has 0 heterocycles. The van der Waals surface area contributed by atoms with Gasteiger partial charge < -0.3 is 14.3 Å². The van der Waals surface area contributed by atoms with Crippen LogP contribution in [0.2, 0.25) is 0 Å². The number of esters is 2. The van der Waals surface area contributed by atoms with Gasteiger partial charge in [0.25, 0.3) is 0 Å². The minimum absolute atomic E-state index is 0.00394. The van der Waals surface area contributed by atoms with Crippen molar-refractivity contribution < 1.29 is 23.9 Å². The molecule has 0 spiro atoms. The van der Waals surface area contributed by atoms with Gasteiger partial charge in [0, 0.05) is 19.8 Å². The molecule has 0 amide bonds. The van der Waals surface area contributed by atoms with Gasteiger partial charge in [0.1, 0.15) is 6.29 Å². The van der Waals surface area contributed by atoms with Crippen LogP contribution in [0.15, 0.2) is 47.5 Å². The molecule has 0 aromatic heterocycles. The molecular weight excluding hydrogens is 368 g/mol. The lowest BCUT2D eigenvalue weighted by molar-refractivity contribution is -0.136. The maximum atomic E-state index is 11.4. The van der Waals surface area contributed by atoms with Gasteiger partial charge in [-0.1, -0.05) is 23.3 Å². The highest BCUT2D eigenvalue weighted by molar-refractivity contribution is 5.67. The molecule has 29 heavy (non-hydrogen) atoms. The number of hydrogen-bond acceptors (Lipinski definition) is 5. The quantitative estimate of drug-likeness (QED) is 0.117. The molecule has 0 fully saturated rings. The Labute approximate surface area is 175 Å². The van der Waals surface area contributed by atoms with Gasteiger partial charge in [0.2, 0.25) is 0 Å². The summed E-state index contributed by atoms with van der Waals surface area (Å²) in [7, 11) is 0. The first kappa shape index (κ1) is 26.6. The normalized spacial score (nSPS) is 13.1. The molecule has 0 aromatic carbocycles. The number of aldehydes is 1. The number of hydrogen-bond donors (Lipinski definition) is 0. The molecule has 0 aliphatic carbocycles. The number of ether oxygens (including phenoxy) is 2. The molecule has 0 saturated heterocycles. The summed E-state index contributed by atoms with van der Waals surface area (Å²) >= 11 is 0. The first-order valence-electron chi connectivity index (χ1n) is 10.2. The van der Waals surface area contributed by atoms with E-state index in [4.69, 9.17) is 9.47 Å². The van der Waals surface area contributed by atoms with E-state index in [1.54, 1.807) is 6.08 Å². The lowest BCUT2D eigenvalue weighted by Gasteiger charge is -2.09. The molecule has 0 aliphatic heterocycles. The third kappa shape index (κ3) is 17.4. The van der Waals surface area contributed by atoms with Gasteiger partial charge in [-0.25, -0.2) is 0 Å². The van der Waals surface area contributed by atoms with Crippen molar-refractivity contribution in [2.75, 3.05) is 0 Å². The molecule has 0 aliphatic rings. The zero-order valence-corrected chi connectivity index (χ0v) is 18.5.